The molecule has 0 amide bonds. The summed E-state index contributed by atoms with van der Waals surface area (Å²) in [6.45, 7) is 3.16. The molecule has 1 N–H and O–H groups in total. The van der Waals surface area contributed by atoms with Gasteiger partial charge in [-0.3, -0.25) is 4.55 Å². The molecule has 0 aliphatic rings. The predicted molar refractivity (Wildman–Crippen MR) is 89.3 cm³/mol. The third kappa shape index (κ3) is 4.28. The number of aromatic nitrogens is 2. The minimum Gasteiger partial charge on any atom is -0.282 e. The molecule has 3 aromatic rings. The number of nitrogens with zero attached hydrogens (tertiary/aromatic N) is 2. The van der Waals surface area contributed by atoms with Crippen LogP contribution in [0, 0.1) is 13.8 Å². The highest BCUT2D eigenvalue weighted by molar-refractivity contribution is 7.86. The van der Waals surface area contributed by atoms with Gasteiger partial charge in [0.1, 0.15) is 4.90 Å². The van der Waals surface area contributed by atoms with Crippen molar-refractivity contribution in [3.63, 3.8) is 0 Å². The SMILES string of the molecule is Cc1nn(-c2ccccc2)c(C)c1S(=O)(=O)O.c1ccccc1. The van der Waals surface area contributed by atoms with E-state index in [1.165, 1.54) is 4.68 Å². The number of rotatable bonds is 2. The minimum atomic E-state index is -4.23. The summed E-state index contributed by atoms with van der Waals surface area (Å²) < 4.78 is 33.1. The summed E-state index contributed by atoms with van der Waals surface area (Å²) in [5.41, 5.74) is 1.44. The van der Waals surface area contributed by atoms with Gasteiger partial charge in [-0.1, -0.05) is 54.6 Å². The summed E-state index contributed by atoms with van der Waals surface area (Å²) in [5, 5.41) is 4.12. The maximum Gasteiger partial charge on any atom is 0.298 e. The number of para-hydroxylation sites is 1. The Balaban J connectivity index is 0.000000268. The predicted octanol–water partition coefficient (Wildman–Crippen LogP) is 3.42. The van der Waals surface area contributed by atoms with E-state index in [2.05, 4.69) is 5.10 Å². The third-order valence-corrected chi connectivity index (χ3v) is 4.26. The van der Waals surface area contributed by atoms with E-state index in [-0.39, 0.29) is 10.6 Å². The van der Waals surface area contributed by atoms with Crippen molar-refractivity contribution >= 4 is 10.1 Å². The summed E-state index contributed by atoms with van der Waals surface area (Å²) in [5.74, 6) is 0. The molecule has 0 saturated heterocycles. The second-order valence-electron chi connectivity index (χ2n) is 4.88. The Morgan fingerprint density at radius 1 is 0.870 bits per heavy atom. The quantitative estimate of drug-likeness (QED) is 0.731. The smallest absolute Gasteiger partial charge is 0.282 e. The lowest BCUT2D eigenvalue weighted by Crippen LogP contribution is -2.03. The van der Waals surface area contributed by atoms with Crippen molar-refractivity contribution in [2.45, 2.75) is 18.7 Å². The van der Waals surface area contributed by atoms with E-state index in [1.807, 2.05) is 66.7 Å². The van der Waals surface area contributed by atoms with E-state index >= 15 is 0 Å². The molecule has 0 bridgehead atoms. The molecule has 0 aliphatic carbocycles. The van der Waals surface area contributed by atoms with Gasteiger partial charge in [0, 0.05) is 0 Å². The Morgan fingerprint density at radius 3 is 1.70 bits per heavy atom. The molecule has 1 aromatic heterocycles. The van der Waals surface area contributed by atoms with E-state index in [1.54, 1.807) is 13.8 Å². The van der Waals surface area contributed by atoms with Crippen molar-refractivity contribution < 1.29 is 13.0 Å². The lowest BCUT2D eigenvalue weighted by Gasteiger charge is -2.03. The monoisotopic (exact) mass is 330 g/mol. The molecule has 0 fully saturated rings. The molecule has 0 unspecified atom stereocenters. The van der Waals surface area contributed by atoms with Crippen molar-refractivity contribution in [3.8, 4) is 5.69 Å². The van der Waals surface area contributed by atoms with Gasteiger partial charge in [-0.2, -0.15) is 13.5 Å². The average Bonchev–Trinajstić information content (AvgIpc) is 2.85. The van der Waals surface area contributed by atoms with Crippen LogP contribution in [0.1, 0.15) is 11.4 Å². The van der Waals surface area contributed by atoms with Crippen LogP contribution in [0.4, 0.5) is 0 Å². The van der Waals surface area contributed by atoms with Crippen LogP contribution in [0.15, 0.2) is 71.6 Å². The normalized spacial score (nSPS) is 10.7. The van der Waals surface area contributed by atoms with Crippen LogP contribution < -0.4 is 0 Å². The van der Waals surface area contributed by atoms with Crippen molar-refractivity contribution in [1.82, 2.24) is 9.78 Å². The molecule has 0 saturated carbocycles. The molecule has 0 radical (unpaired) electrons. The van der Waals surface area contributed by atoms with E-state index < -0.39 is 10.1 Å². The molecule has 120 valence electrons. The molecule has 3 rings (SSSR count). The molecule has 2 aromatic carbocycles. The Kier molecular flexibility index (Phi) is 5.31. The number of aryl methyl sites for hydroxylation is 1. The van der Waals surface area contributed by atoms with Crippen LogP contribution in [0.5, 0.6) is 0 Å². The van der Waals surface area contributed by atoms with Crippen molar-refractivity contribution in [2.24, 2.45) is 0 Å². The maximum atomic E-state index is 11.2. The van der Waals surface area contributed by atoms with Crippen molar-refractivity contribution in [3.05, 3.63) is 78.1 Å². The molecule has 5 nitrogen and oxygen atoms in total. The van der Waals surface area contributed by atoms with Crippen LogP contribution in [-0.4, -0.2) is 22.8 Å². The van der Waals surface area contributed by atoms with Gasteiger partial charge in [0.25, 0.3) is 10.1 Å². The third-order valence-electron chi connectivity index (χ3n) is 3.15. The highest BCUT2D eigenvalue weighted by Gasteiger charge is 2.22. The topological polar surface area (TPSA) is 72.2 Å². The second-order valence-corrected chi connectivity index (χ2v) is 6.24. The highest BCUT2D eigenvalue weighted by Crippen LogP contribution is 2.21. The fraction of sp³-hybridized carbons (Fsp3) is 0.118. The van der Waals surface area contributed by atoms with Crippen molar-refractivity contribution in [1.29, 1.82) is 0 Å². The van der Waals surface area contributed by atoms with Gasteiger partial charge < -0.3 is 0 Å². The molecular formula is C17H18N2O3S. The standard InChI is InChI=1S/C11H12N2O3S.C6H6/c1-8-11(17(14,15)16)9(2)13(12-8)10-6-4-3-5-7-10;1-2-4-6-5-3-1/h3-7H,1-2H3,(H,14,15,16);1-6H. The van der Waals surface area contributed by atoms with E-state index in [0.29, 0.717) is 5.69 Å². The molecule has 6 heteroatoms. The summed E-state index contributed by atoms with van der Waals surface area (Å²) in [4.78, 5) is -0.124. The summed E-state index contributed by atoms with van der Waals surface area (Å²) in [7, 11) is -4.23. The summed E-state index contributed by atoms with van der Waals surface area (Å²) in [6, 6.07) is 21.1. The number of benzene rings is 2. The van der Waals surface area contributed by atoms with Gasteiger partial charge in [0.2, 0.25) is 0 Å². The first-order valence-electron chi connectivity index (χ1n) is 7.00. The molecule has 1 heterocycles. The Hall–Kier alpha value is -2.44. The van der Waals surface area contributed by atoms with Crippen LogP contribution >= 0.6 is 0 Å². The van der Waals surface area contributed by atoms with Gasteiger partial charge >= 0.3 is 0 Å². The van der Waals surface area contributed by atoms with Crippen LogP contribution in [0.2, 0.25) is 0 Å². The number of hydrogen-bond donors (Lipinski definition) is 1. The first-order chi connectivity index (χ1) is 10.9. The van der Waals surface area contributed by atoms with Gasteiger partial charge in [0.05, 0.1) is 17.1 Å². The lowest BCUT2D eigenvalue weighted by molar-refractivity contribution is 0.482. The highest BCUT2D eigenvalue weighted by atomic mass is 32.2. The molecule has 0 atom stereocenters. The summed E-state index contributed by atoms with van der Waals surface area (Å²) >= 11 is 0. The Morgan fingerprint density at radius 2 is 1.30 bits per heavy atom. The zero-order valence-corrected chi connectivity index (χ0v) is 13.7. The molecular weight excluding hydrogens is 312 g/mol. The Labute approximate surface area is 136 Å². The largest absolute Gasteiger partial charge is 0.298 e. The van der Waals surface area contributed by atoms with Gasteiger partial charge in [0.15, 0.2) is 0 Å². The average molecular weight is 330 g/mol. The second kappa shape index (κ2) is 7.21. The zero-order valence-electron chi connectivity index (χ0n) is 12.9. The summed E-state index contributed by atoms with van der Waals surface area (Å²) in [6.07, 6.45) is 0. The molecule has 0 spiro atoms. The molecule has 23 heavy (non-hydrogen) atoms. The minimum absolute atomic E-state index is 0.124. The first-order valence-corrected chi connectivity index (χ1v) is 8.44. The van der Waals surface area contributed by atoms with E-state index in [4.69, 9.17) is 4.55 Å². The van der Waals surface area contributed by atoms with Gasteiger partial charge in [-0.15, -0.1) is 0 Å². The van der Waals surface area contributed by atoms with Crippen LogP contribution in [-0.2, 0) is 10.1 Å². The van der Waals surface area contributed by atoms with E-state index in [0.717, 1.165) is 5.69 Å². The van der Waals surface area contributed by atoms with E-state index in [9.17, 15) is 8.42 Å². The molecule has 0 aliphatic heterocycles. The van der Waals surface area contributed by atoms with Crippen LogP contribution in [0.25, 0.3) is 5.69 Å². The van der Waals surface area contributed by atoms with Crippen molar-refractivity contribution in [2.75, 3.05) is 0 Å². The number of hydrogen-bond acceptors (Lipinski definition) is 3. The fourth-order valence-corrected chi connectivity index (χ4v) is 3.08. The zero-order chi connectivity index (χ0) is 16.9. The Bertz CT molecular complexity index is 831. The lowest BCUT2D eigenvalue weighted by atomic mass is 10.3. The fourth-order valence-electron chi connectivity index (χ4n) is 2.21. The van der Waals surface area contributed by atoms with Gasteiger partial charge in [-0.05, 0) is 26.0 Å². The first kappa shape index (κ1) is 16.9. The maximum absolute atomic E-state index is 11.2. The van der Waals surface area contributed by atoms with Gasteiger partial charge in [-0.25, -0.2) is 4.68 Å². The van der Waals surface area contributed by atoms with Crippen LogP contribution in [0.3, 0.4) is 0 Å².